The summed E-state index contributed by atoms with van der Waals surface area (Å²) in [6.45, 7) is 3.51. The minimum Gasteiger partial charge on any atom is -0.463 e. The van der Waals surface area contributed by atoms with Gasteiger partial charge in [0.15, 0.2) is 0 Å². The van der Waals surface area contributed by atoms with Crippen molar-refractivity contribution in [2.24, 2.45) is 0 Å². The first kappa shape index (κ1) is 20.1. The first-order valence-corrected chi connectivity index (χ1v) is 8.72. The standard InChI is InChI=1S/C22H18F2N2O3/c1-13-10-14(2)26-22(25-13)29-20(21(27)28-3)19(15-6-4-8-17(23)11-15)16-7-5-9-18(24)12-16/h4-12H,1-3H3. The molecule has 0 radical (unpaired) electrons. The SMILES string of the molecule is COC(=O)C(Oc1nc(C)cc(C)n1)=C(c1cccc(F)c1)c1cccc(F)c1. The largest absolute Gasteiger partial charge is 0.463 e. The molecule has 0 saturated carbocycles. The number of hydrogen-bond donors (Lipinski definition) is 0. The average molecular weight is 396 g/mol. The Bertz CT molecular complexity index is 1030. The number of ether oxygens (including phenoxy) is 2. The lowest BCUT2D eigenvalue weighted by Crippen LogP contribution is -2.16. The van der Waals surface area contributed by atoms with Gasteiger partial charge in [-0.1, -0.05) is 24.3 Å². The molecule has 0 saturated heterocycles. The van der Waals surface area contributed by atoms with Gasteiger partial charge in [-0.2, -0.15) is 0 Å². The number of hydrogen-bond acceptors (Lipinski definition) is 5. The fourth-order valence-corrected chi connectivity index (χ4v) is 2.83. The molecule has 2 aromatic carbocycles. The number of halogens is 2. The van der Waals surface area contributed by atoms with Crippen molar-refractivity contribution in [2.75, 3.05) is 7.11 Å². The Kier molecular flexibility index (Phi) is 5.97. The topological polar surface area (TPSA) is 61.3 Å². The van der Waals surface area contributed by atoms with Gasteiger partial charge in [-0.15, -0.1) is 0 Å². The molecule has 1 aromatic heterocycles. The van der Waals surface area contributed by atoms with Crippen LogP contribution in [0.15, 0.2) is 60.4 Å². The minimum atomic E-state index is -0.837. The first-order chi connectivity index (χ1) is 13.9. The van der Waals surface area contributed by atoms with Crippen molar-refractivity contribution in [2.45, 2.75) is 13.8 Å². The zero-order valence-electron chi connectivity index (χ0n) is 16.1. The maximum absolute atomic E-state index is 13.9. The first-order valence-electron chi connectivity index (χ1n) is 8.72. The van der Waals surface area contributed by atoms with E-state index < -0.39 is 17.6 Å². The van der Waals surface area contributed by atoms with Crippen molar-refractivity contribution in [3.05, 3.63) is 94.5 Å². The Hall–Kier alpha value is -3.61. The zero-order valence-corrected chi connectivity index (χ0v) is 16.1. The van der Waals surface area contributed by atoms with Crippen LogP contribution < -0.4 is 4.74 Å². The summed E-state index contributed by atoms with van der Waals surface area (Å²) >= 11 is 0. The molecule has 0 bridgehead atoms. The highest BCUT2D eigenvalue weighted by Crippen LogP contribution is 2.30. The molecule has 0 N–H and O–H groups in total. The average Bonchev–Trinajstić information content (AvgIpc) is 2.66. The van der Waals surface area contributed by atoms with Gasteiger partial charge >= 0.3 is 12.0 Å². The van der Waals surface area contributed by atoms with Crippen LogP contribution >= 0.6 is 0 Å². The van der Waals surface area contributed by atoms with E-state index >= 15 is 0 Å². The van der Waals surface area contributed by atoms with Gasteiger partial charge in [0.2, 0.25) is 5.76 Å². The number of esters is 1. The number of aryl methyl sites for hydroxylation is 2. The van der Waals surface area contributed by atoms with Crippen LogP contribution in [0, 0.1) is 25.5 Å². The summed E-state index contributed by atoms with van der Waals surface area (Å²) in [6, 6.07) is 12.7. The predicted molar refractivity (Wildman–Crippen MR) is 103 cm³/mol. The fourth-order valence-electron chi connectivity index (χ4n) is 2.83. The molecule has 0 aliphatic rings. The third-order valence-corrected chi connectivity index (χ3v) is 3.98. The molecule has 0 atom stereocenters. The van der Waals surface area contributed by atoms with Crippen LogP contribution in [0.3, 0.4) is 0 Å². The molecule has 148 valence electrons. The highest BCUT2D eigenvalue weighted by molar-refractivity contribution is 6.00. The van der Waals surface area contributed by atoms with Crippen LogP contribution in [0.2, 0.25) is 0 Å². The molecule has 0 unspecified atom stereocenters. The molecule has 3 aromatic rings. The normalized spacial score (nSPS) is 10.4. The summed E-state index contributed by atoms with van der Waals surface area (Å²) < 4.78 is 38.4. The van der Waals surface area contributed by atoms with Crippen LogP contribution in [-0.4, -0.2) is 23.0 Å². The summed E-state index contributed by atoms with van der Waals surface area (Å²) in [5, 5.41) is 0. The Balaban J connectivity index is 2.28. The van der Waals surface area contributed by atoms with Gasteiger partial charge in [0.05, 0.1) is 7.11 Å². The number of methoxy groups -OCH3 is 1. The third kappa shape index (κ3) is 4.82. The van der Waals surface area contributed by atoms with E-state index in [9.17, 15) is 13.6 Å². The molecule has 0 spiro atoms. The molecule has 5 nitrogen and oxygen atoms in total. The molecule has 3 rings (SSSR count). The van der Waals surface area contributed by atoms with E-state index in [1.54, 1.807) is 32.0 Å². The molecular formula is C22H18F2N2O3. The summed E-state index contributed by atoms with van der Waals surface area (Å²) in [7, 11) is 1.18. The van der Waals surface area contributed by atoms with E-state index in [1.807, 2.05) is 0 Å². The Morgan fingerprint density at radius 1 is 0.862 bits per heavy atom. The van der Waals surface area contributed by atoms with Crippen LogP contribution in [0.5, 0.6) is 6.01 Å². The Labute approximate surface area is 166 Å². The van der Waals surface area contributed by atoms with Gasteiger partial charge in [-0.05, 0) is 55.3 Å². The van der Waals surface area contributed by atoms with Crippen molar-refractivity contribution in [3.63, 3.8) is 0 Å². The molecule has 0 fully saturated rings. The second-order valence-electron chi connectivity index (χ2n) is 6.25. The van der Waals surface area contributed by atoms with Gasteiger partial charge in [0.1, 0.15) is 11.6 Å². The number of aromatic nitrogens is 2. The van der Waals surface area contributed by atoms with E-state index in [-0.39, 0.29) is 17.3 Å². The molecule has 7 heteroatoms. The monoisotopic (exact) mass is 396 g/mol. The maximum atomic E-state index is 13.9. The van der Waals surface area contributed by atoms with Crippen molar-refractivity contribution in [1.82, 2.24) is 9.97 Å². The van der Waals surface area contributed by atoms with E-state index in [2.05, 4.69) is 9.97 Å². The summed E-state index contributed by atoms with van der Waals surface area (Å²) in [6.07, 6.45) is 0. The zero-order chi connectivity index (χ0) is 21.0. The number of carbonyl (C=O) groups is 1. The lowest BCUT2D eigenvalue weighted by atomic mass is 9.96. The van der Waals surface area contributed by atoms with E-state index in [4.69, 9.17) is 9.47 Å². The molecule has 0 amide bonds. The smallest absolute Gasteiger partial charge is 0.374 e. The van der Waals surface area contributed by atoms with Gasteiger partial charge < -0.3 is 9.47 Å². The van der Waals surface area contributed by atoms with Crippen LogP contribution in [-0.2, 0) is 9.53 Å². The molecule has 29 heavy (non-hydrogen) atoms. The van der Waals surface area contributed by atoms with E-state index in [0.717, 1.165) is 0 Å². The van der Waals surface area contributed by atoms with Crippen LogP contribution in [0.4, 0.5) is 8.78 Å². The molecular weight excluding hydrogens is 378 g/mol. The number of carbonyl (C=O) groups excluding carboxylic acids is 1. The number of rotatable bonds is 5. The fraction of sp³-hybridized carbons (Fsp3) is 0.136. The van der Waals surface area contributed by atoms with Gasteiger partial charge in [-0.25, -0.2) is 23.5 Å². The number of nitrogens with zero attached hydrogens (tertiary/aromatic N) is 2. The summed E-state index contributed by atoms with van der Waals surface area (Å²) in [5.74, 6) is -2.17. The van der Waals surface area contributed by atoms with Gasteiger partial charge in [-0.3, -0.25) is 0 Å². The summed E-state index contributed by atoms with van der Waals surface area (Å²) in [4.78, 5) is 20.9. The highest BCUT2D eigenvalue weighted by Gasteiger charge is 2.24. The van der Waals surface area contributed by atoms with Gasteiger partial charge in [0.25, 0.3) is 0 Å². The lowest BCUT2D eigenvalue weighted by molar-refractivity contribution is -0.138. The van der Waals surface area contributed by atoms with Gasteiger partial charge in [0, 0.05) is 17.0 Å². The van der Waals surface area contributed by atoms with Crippen LogP contribution in [0.1, 0.15) is 22.5 Å². The second-order valence-corrected chi connectivity index (χ2v) is 6.25. The Morgan fingerprint density at radius 3 is 1.83 bits per heavy atom. The minimum absolute atomic E-state index is 0.0757. The predicted octanol–water partition coefficient (Wildman–Crippen LogP) is 4.38. The highest BCUT2D eigenvalue weighted by atomic mass is 19.1. The van der Waals surface area contributed by atoms with Crippen LogP contribution in [0.25, 0.3) is 5.57 Å². The molecule has 0 aliphatic heterocycles. The Morgan fingerprint density at radius 2 is 1.38 bits per heavy atom. The van der Waals surface area contributed by atoms with Crippen molar-refractivity contribution in [1.29, 1.82) is 0 Å². The lowest BCUT2D eigenvalue weighted by Gasteiger charge is -2.15. The molecule has 1 heterocycles. The number of benzene rings is 2. The summed E-state index contributed by atoms with van der Waals surface area (Å²) in [5.41, 5.74) is 2.03. The van der Waals surface area contributed by atoms with E-state index in [1.165, 1.54) is 43.5 Å². The van der Waals surface area contributed by atoms with Crippen molar-refractivity contribution < 1.29 is 23.0 Å². The van der Waals surface area contributed by atoms with Crippen molar-refractivity contribution >= 4 is 11.5 Å². The quantitative estimate of drug-likeness (QED) is 0.364. The maximum Gasteiger partial charge on any atom is 0.374 e. The second kappa shape index (κ2) is 8.60. The third-order valence-electron chi connectivity index (χ3n) is 3.98. The molecule has 0 aliphatic carbocycles. The van der Waals surface area contributed by atoms with E-state index in [0.29, 0.717) is 22.5 Å². The van der Waals surface area contributed by atoms with Crippen molar-refractivity contribution in [3.8, 4) is 6.01 Å².